The van der Waals surface area contributed by atoms with Crippen molar-refractivity contribution in [3.05, 3.63) is 54.2 Å². The third-order valence-corrected chi connectivity index (χ3v) is 3.76. The van der Waals surface area contributed by atoms with Gasteiger partial charge in [0.2, 0.25) is 0 Å². The van der Waals surface area contributed by atoms with Crippen molar-refractivity contribution in [2.75, 3.05) is 6.54 Å². The fraction of sp³-hybridized carbons (Fsp3) is 0.400. The van der Waals surface area contributed by atoms with Crippen molar-refractivity contribution in [2.24, 2.45) is 0 Å². The summed E-state index contributed by atoms with van der Waals surface area (Å²) < 4.78 is 5.11. The molecule has 0 bridgehead atoms. The lowest BCUT2D eigenvalue weighted by atomic mass is 10.0. The normalized spacial score (nSPS) is 23.8. The molecule has 19 heavy (non-hydrogen) atoms. The van der Waals surface area contributed by atoms with Gasteiger partial charge in [0, 0.05) is 37.1 Å². The van der Waals surface area contributed by atoms with E-state index in [0.717, 1.165) is 31.5 Å². The van der Waals surface area contributed by atoms with Crippen LogP contribution in [0, 0.1) is 0 Å². The summed E-state index contributed by atoms with van der Waals surface area (Å²) in [6.07, 6.45) is 8.53. The highest BCUT2D eigenvalue weighted by Crippen LogP contribution is 2.23. The average molecular weight is 258 g/mol. The largest absolute Gasteiger partial charge is 0.472 e. The highest BCUT2D eigenvalue weighted by atomic mass is 16.3. The van der Waals surface area contributed by atoms with Gasteiger partial charge < -0.3 is 9.52 Å². The third kappa shape index (κ3) is 2.85. The van der Waals surface area contributed by atoms with E-state index in [2.05, 4.69) is 16.0 Å². The van der Waals surface area contributed by atoms with Crippen LogP contribution in [-0.2, 0) is 13.0 Å². The van der Waals surface area contributed by atoms with Crippen LogP contribution in [0.2, 0.25) is 0 Å². The molecule has 4 nitrogen and oxygen atoms in total. The lowest BCUT2D eigenvalue weighted by molar-refractivity contribution is 0.112. The van der Waals surface area contributed by atoms with Gasteiger partial charge in [-0.3, -0.25) is 9.88 Å². The quantitative estimate of drug-likeness (QED) is 0.909. The number of rotatable bonds is 4. The molecule has 1 aliphatic heterocycles. The summed E-state index contributed by atoms with van der Waals surface area (Å²) in [5, 5.41) is 10.2. The van der Waals surface area contributed by atoms with E-state index in [0.29, 0.717) is 0 Å². The minimum atomic E-state index is -0.257. The number of furan rings is 1. The third-order valence-electron chi connectivity index (χ3n) is 3.76. The first-order chi connectivity index (χ1) is 9.33. The molecule has 0 unspecified atom stereocenters. The molecule has 0 saturated carbocycles. The molecule has 0 radical (unpaired) electrons. The number of aliphatic hydroxyl groups excluding tert-OH is 1. The molecular formula is C15H18N2O2. The van der Waals surface area contributed by atoms with E-state index in [-0.39, 0.29) is 12.1 Å². The van der Waals surface area contributed by atoms with Gasteiger partial charge in [0.15, 0.2) is 0 Å². The van der Waals surface area contributed by atoms with Crippen LogP contribution in [0.4, 0.5) is 0 Å². The summed E-state index contributed by atoms with van der Waals surface area (Å²) in [5.74, 6) is 0. The van der Waals surface area contributed by atoms with Crippen molar-refractivity contribution in [1.29, 1.82) is 0 Å². The molecule has 0 aliphatic carbocycles. The molecule has 0 amide bonds. The molecular weight excluding hydrogens is 240 g/mol. The molecule has 1 aliphatic rings. The monoisotopic (exact) mass is 258 g/mol. The van der Waals surface area contributed by atoms with Crippen molar-refractivity contribution in [1.82, 2.24) is 9.88 Å². The van der Waals surface area contributed by atoms with E-state index in [4.69, 9.17) is 4.42 Å². The van der Waals surface area contributed by atoms with Crippen LogP contribution < -0.4 is 0 Å². The minimum Gasteiger partial charge on any atom is -0.472 e. The highest BCUT2D eigenvalue weighted by molar-refractivity contribution is 5.13. The van der Waals surface area contributed by atoms with Gasteiger partial charge in [-0.1, -0.05) is 6.07 Å². The van der Waals surface area contributed by atoms with Crippen LogP contribution in [0.3, 0.4) is 0 Å². The molecule has 0 spiro atoms. The predicted octanol–water partition coefficient (Wildman–Crippen LogP) is 1.85. The summed E-state index contributed by atoms with van der Waals surface area (Å²) in [7, 11) is 0. The fourth-order valence-electron chi connectivity index (χ4n) is 2.74. The molecule has 4 heteroatoms. The maximum atomic E-state index is 10.2. The summed E-state index contributed by atoms with van der Waals surface area (Å²) in [6.45, 7) is 1.76. The van der Waals surface area contributed by atoms with Gasteiger partial charge in [-0.25, -0.2) is 0 Å². The van der Waals surface area contributed by atoms with Crippen LogP contribution in [0.15, 0.2) is 47.5 Å². The van der Waals surface area contributed by atoms with Gasteiger partial charge in [-0.15, -0.1) is 0 Å². The van der Waals surface area contributed by atoms with Crippen LogP contribution in [0.5, 0.6) is 0 Å². The van der Waals surface area contributed by atoms with Crippen LogP contribution in [0.25, 0.3) is 0 Å². The van der Waals surface area contributed by atoms with Gasteiger partial charge in [0.05, 0.1) is 18.6 Å². The first kappa shape index (κ1) is 12.4. The zero-order valence-corrected chi connectivity index (χ0v) is 10.8. The average Bonchev–Trinajstić information content (AvgIpc) is 3.05. The lowest BCUT2D eigenvalue weighted by Gasteiger charge is -2.25. The van der Waals surface area contributed by atoms with Crippen LogP contribution in [0.1, 0.15) is 17.5 Å². The number of pyridine rings is 1. The second-order valence-corrected chi connectivity index (χ2v) is 5.09. The standard InChI is InChI=1S/C15H18N2O2/c18-15-3-6-17(10-13-4-7-19-11-13)14(15)8-12-2-1-5-16-9-12/h1-2,4-5,7,9,11,14-15,18H,3,6,8,10H2/t14-,15+/m0/s1. The van der Waals surface area contributed by atoms with Crippen molar-refractivity contribution < 1.29 is 9.52 Å². The van der Waals surface area contributed by atoms with Crippen molar-refractivity contribution in [3.8, 4) is 0 Å². The van der Waals surface area contributed by atoms with E-state index >= 15 is 0 Å². The van der Waals surface area contributed by atoms with Gasteiger partial charge in [0.25, 0.3) is 0 Å². The van der Waals surface area contributed by atoms with Crippen molar-refractivity contribution in [2.45, 2.75) is 31.5 Å². The van der Waals surface area contributed by atoms with E-state index < -0.39 is 0 Å². The Bertz CT molecular complexity index is 498. The Balaban J connectivity index is 1.70. The van der Waals surface area contributed by atoms with Crippen molar-refractivity contribution >= 4 is 0 Å². The molecule has 2 atom stereocenters. The number of hydrogen-bond acceptors (Lipinski definition) is 4. The molecule has 2 aromatic rings. The number of nitrogens with zero attached hydrogens (tertiary/aromatic N) is 2. The Labute approximate surface area is 112 Å². The maximum absolute atomic E-state index is 10.2. The number of aliphatic hydroxyl groups is 1. The lowest BCUT2D eigenvalue weighted by Crippen LogP contribution is -2.36. The number of hydrogen-bond donors (Lipinski definition) is 1. The summed E-state index contributed by atoms with van der Waals surface area (Å²) in [6, 6.07) is 6.15. The Morgan fingerprint density at radius 2 is 2.32 bits per heavy atom. The highest BCUT2D eigenvalue weighted by Gasteiger charge is 2.32. The van der Waals surface area contributed by atoms with Crippen LogP contribution in [-0.4, -0.2) is 33.7 Å². The van der Waals surface area contributed by atoms with Gasteiger partial charge in [0.1, 0.15) is 0 Å². The van der Waals surface area contributed by atoms with E-state index in [1.165, 1.54) is 5.56 Å². The van der Waals surface area contributed by atoms with E-state index in [1.807, 2.05) is 18.3 Å². The van der Waals surface area contributed by atoms with Crippen LogP contribution >= 0.6 is 0 Å². The molecule has 1 saturated heterocycles. The topological polar surface area (TPSA) is 49.5 Å². The molecule has 2 aromatic heterocycles. The minimum absolute atomic E-state index is 0.166. The van der Waals surface area contributed by atoms with Crippen molar-refractivity contribution in [3.63, 3.8) is 0 Å². The molecule has 3 heterocycles. The van der Waals surface area contributed by atoms with E-state index in [9.17, 15) is 5.11 Å². The molecule has 1 N–H and O–H groups in total. The van der Waals surface area contributed by atoms with Gasteiger partial charge in [-0.05, 0) is 30.5 Å². The Hall–Kier alpha value is -1.65. The molecule has 1 fully saturated rings. The van der Waals surface area contributed by atoms with Gasteiger partial charge in [-0.2, -0.15) is 0 Å². The Morgan fingerprint density at radius 3 is 3.05 bits per heavy atom. The maximum Gasteiger partial charge on any atom is 0.0947 e. The fourth-order valence-corrected chi connectivity index (χ4v) is 2.74. The summed E-state index contributed by atoms with van der Waals surface area (Å²) >= 11 is 0. The number of likely N-dealkylation sites (tertiary alicyclic amines) is 1. The SMILES string of the molecule is O[C@@H]1CCN(Cc2ccoc2)[C@H]1Cc1cccnc1. The second kappa shape index (κ2) is 5.55. The Kier molecular flexibility index (Phi) is 3.62. The van der Waals surface area contributed by atoms with Gasteiger partial charge >= 0.3 is 0 Å². The molecule has 100 valence electrons. The predicted molar refractivity (Wildman–Crippen MR) is 71.5 cm³/mol. The smallest absolute Gasteiger partial charge is 0.0947 e. The first-order valence-electron chi connectivity index (χ1n) is 6.65. The van der Waals surface area contributed by atoms with E-state index in [1.54, 1.807) is 18.7 Å². The molecule has 0 aromatic carbocycles. The zero-order chi connectivity index (χ0) is 13.1. The zero-order valence-electron chi connectivity index (χ0n) is 10.8. The summed E-state index contributed by atoms with van der Waals surface area (Å²) in [5.41, 5.74) is 2.33. The summed E-state index contributed by atoms with van der Waals surface area (Å²) in [4.78, 5) is 6.46. The number of aromatic nitrogens is 1. The second-order valence-electron chi connectivity index (χ2n) is 5.09. The molecule has 3 rings (SSSR count). The first-order valence-corrected chi connectivity index (χ1v) is 6.65. The Morgan fingerprint density at radius 1 is 1.37 bits per heavy atom.